The zero-order valence-electron chi connectivity index (χ0n) is 20.6. The van der Waals surface area contributed by atoms with E-state index in [0.29, 0.717) is 26.1 Å². The van der Waals surface area contributed by atoms with Crippen molar-refractivity contribution in [2.45, 2.75) is 31.6 Å². The molecule has 1 fully saturated rings. The second-order valence-corrected chi connectivity index (χ2v) is 9.20. The average molecular weight is 507 g/mol. The van der Waals surface area contributed by atoms with Gasteiger partial charge in [-0.1, -0.05) is 23.8 Å². The van der Waals surface area contributed by atoms with Crippen molar-refractivity contribution in [2.24, 2.45) is 5.92 Å². The van der Waals surface area contributed by atoms with Gasteiger partial charge >= 0.3 is 5.97 Å². The number of ether oxygens (including phenoxy) is 2. The third-order valence-electron chi connectivity index (χ3n) is 4.66. The molecule has 192 valence electrons. The lowest BCUT2D eigenvalue weighted by Crippen LogP contribution is -2.29. The Morgan fingerprint density at radius 3 is 2.09 bits per heavy atom. The Morgan fingerprint density at radius 1 is 1.11 bits per heavy atom. The van der Waals surface area contributed by atoms with Crippen LogP contribution in [0, 0.1) is 12.8 Å². The Hall–Kier alpha value is -3.08. The zero-order valence-corrected chi connectivity index (χ0v) is 21.4. The fourth-order valence-corrected chi connectivity index (χ4v) is 3.38. The first-order valence-corrected chi connectivity index (χ1v) is 12.6. The highest BCUT2D eigenvalue weighted by Gasteiger charge is 2.29. The molecular formula is C25H34N2O7S. The smallest absolute Gasteiger partial charge is 0.343 e. The summed E-state index contributed by atoms with van der Waals surface area (Å²) in [6, 6.07) is 11.6. The van der Waals surface area contributed by atoms with Crippen LogP contribution in [0.5, 0.6) is 0 Å². The third-order valence-corrected chi connectivity index (χ3v) is 5.51. The van der Waals surface area contributed by atoms with Gasteiger partial charge in [0.25, 0.3) is 0 Å². The molecule has 35 heavy (non-hydrogen) atoms. The highest BCUT2D eigenvalue weighted by atomic mass is 32.2. The number of aryl methyl sites for hydroxylation is 1. The Balaban J connectivity index is 0.000000302. The lowest BCUT2D eigenvalue weighted by molar-refractivity contribution is -0.377. The minimum absolute atomic E-state index is 0.130. The summed E-state index contributed by atoms with van der Waals surface area (Å²) in [5.74, 6) is -0.803. The first-order valence-electron chi connectivity index (χ1n) is 11.2. The van der Waals surface area contributed by atoms with Crippen molar-refractivity contribution in [2.75, 3.05) is 33.9 Å². The summed E-state index contributed by atoms with van der Waals surface area (Å²) in [5.41, 5.74) is 1.06. The molecule has 0 atom stereocenters. The quantitative estimate of drug-likeness (QED) is 0.192. The maximum Gasteiger partial charge on any atom is 0.343 e. The number of esters is 1. The maximum atomic E-state index is 12.3. The number of hydrogen-bond donors (Lipinski definition) is 0. The molecule has 2 heterocycles. The first-order chi connectivity index (χ1) is 16.6. The largest absolute Gasteiger partial charge is 0.744 e. The number of H-pyrrole nitrogens is 1. The Bertz CT molecular complexity index is 1000. The van der Waals surface area contributed by atoms with Crippen LogP contribution in [0.2, 0.25) is 0 Å². The van der Waals surface area contributed by atoms with E-state index in [0.717, 1.165) is 5.56 Å². The zero-order chi connectivity index (χ0) is 26.3. The molecule has 1 aromatic carbocycles. The number of nitrogens with one attached hydrogen (secondary N) is 1. The molecule has 0 saturated carbocycles. The van der Waals surface area contributed by atoms with E-state index in [1.54, 1.807) is 38.1 Å². The molecule has 0 spiro atoms. The number of hydrogen-bond acceptors (Lipinski definition) is 8. The monoisotopic (exact) mass is 506 g/mol. The van der Waals surface area contributed by atoms with E-state index < -0.39 is 16.1 Å². The molecule has 9 nitrogen and oxygen atoms in total. The minimum Gasteiger partial charge on any atom is -0.744 e. The number of rotatable bonds is 6. The van der Waals surface area contributed by atoms with Gasteiger partial charge in [-0.25, -0.2) is 18.2 Å². The highest BCUT2D eigenvalue weighted by Crippen LogP contribution is 2.20. The summed E-state index contributed by atoms with van der Waals surface area (Å²) in [4.78, 5) is 28.5. The van der Waals surface area contributed by atoms with Crippen LogP contribution in [0.4, 0.5) is 0 Å². The molecule has 1 aliphatic rings. The number of aromatic nitrogens is 1. The molecule has 10 heteroatoms. The van der Waals surface area contributed by atoms with E-state index in [-0.39, 0.29) is 28.8 Å². The summed E-state index contributed by atoms with van der Waals surface area (Å²) in [6.07, 6.45) is 6.63. The number of nitrogens with zero attached hydrogens (tertiary/aromatic N) is 1. The van der Waals surface area contributed by atoms with Gasteiger partial charge in [0.2, 0.25) is 0 Å². The summed E-state index contributed by atoms with van der Waals surface area (Å²) in [5, 5.41) is 0. The molecular weight excluding hydrogens is 472 g/mol. The number of benzene rings is 1. The second kappa shape index (κ2) is 15.8. The molecule has 1 N–H and O–H groups in total. The van der Waals surface area contributed by atoms with Crippen molar-refractivity contribution in [1.29, 1.82) is 0 Å². The summed E-state index contributed by atoms with van der Waals surface area (Å²) >= 11 is 0. The predicted octanol–water partition coefficient (Wildman–Crippen LogP) is 2.39. The van der Waals surface area contributed by atoms with E-state index in [1.807, 2.05) is 37.5 Å². The van der Waals surface area contributed by atoms with Crippen molar-refractivity contribution in [1.82, 2.24) is 4.90 Å². The van der Waals surface area contributed by atoms with E-state index in [1.165, 1.54) is 18.3 Å². The number of carbonyl (C=O) groups is 2. The minimum atomic E-state index is -4.27. The molecule has 1 saturated heterocycles. The fraction of sp³-hybridized carbons (Fsp3) is 0.400. The van der Waals surface area contributed by atoms with Gasteiger partial charge in [0.1, 0.15) is 15.7 Å². The van der Waals surface area contributed by atoms with E-state index in [2.05, 4.69) is 4.98 Å². The molecule has 0 bridgehead atoms. The molecule has 0 aliphatic carbocycles. The van der Waals surface area contributed by atoms with Crippen molar-refractivity contribution in [3.63, 3.8) is 0 Å². The SMILES string of the molecule is CCOC(=O)C(=CN(C)C)C(=O)C1CCOCC1.Cc1ccc(S(=O)(=O)[O-])cc1.c1cc[nH+]cc1. The molecule has 0 unspecified atom stereocenters. The van der Waals surface area contributed by atoms with Crippen LogP contribution < -0.4 is 4.98 Å². The predicted molar refractivity (Wildman–Crippen MR) is 129 cm³/mol. The van der Waals surface area contributed by atoms with Crippen LogP contribution in [0.1, 0.15) is 25.3 Å². The lowest BCUT2D eigenvalue weighted by atomic mass is 9.91. The van der Waals surface area contributed by atoms with Gasteiger partial charge in [0.15, 0.2) is 18.2 Å². The Kier molecular flexibility index (Phi) is 13.5. The van der Waals surface area contributed by atoms with Crippen molar-refractivity contribution < 1.29 is 37.0 Å². The van der Waals surface area contributed by atoms with Gasteiger partial charge in [-0.15, -0.1) is 0 Å². The number of pyridine rings is 1. The molecule has 1 aliphatic heterocycles. The van der Waals surface area contributed by atoms with E-state index in [9.17, 15) is 22.6 Å². The molecule has 0 amide bonds. The van der Waals surface area contributed by atoms with Crippen molar-refractivity contribution in [3.8, 4) is 0 Å². The van der Waals surface area contributed by atoms with Crippen LogP contribution in [0.25, 0.3) is 0 Å². The fourth-order valence-electron chi connectivity index (χ4n) is 2.91. The second-order valence-electron chi connectivity index (χ2n) is 7.82. The van der Waals surface area contributed by atoms with Crippen molar-refractivity contribution in [3.05, 3.63) is 72.2 Å². The number of carbonyl (C=O) groups excluding carboxylic acids is 2. The van der Waals surface area contributed by atoms with Gasteiger partial charge in [-0.3, -0.25) is 4.79 Å². The number of aromatic amines is 1. The van der Waals surface area contributed by atoms with Gasteiger partial charge < -0.3 is 18.9 Å². The van der Waals surface area contributed by atoms with Gasteiger partial charge in [-0.05, 0) is 38.8 Å². The molecule has 1 aromatic heterocycles. The topological polar surface area (TPSA) is 127 Å². The van der Waals surface area contributed by atoms with Crippen LogP contribution in [0.3, 0.4) is 0 Å². The number of ketones is 1. The van der Waals surface area contributed by atoms with Crippen LogP contribution >= 0.6 is 0 Å². The number of Topliss-reactive ketones (excluding diaryl/α,β-unsaturated/α-hetero) is 1. The lowest BCUT2D eigenvalue weighted by Gasteiger charge is -2.22. The van der Waals surface area contributed by atoms with Gasteiger partial charge in [-0.2, -0.15) is 0 Å². The summed E-state index contributed by atoms with van der Waals surface area (Å²) < 4.78 is 41.3. The molecule has 0 radical (unpaired) electrons. The normalized spacial score (nSPS) is 13.9. The summed E-state index contributed by atoms with van der Waals surface area (Å²) in [6.45, 7) is 4.97. The maximum absolute atomic E-state index is 12.3. The van der Waals surface area contributed by atoms with Crippen LogP contribution in [-0.4, -0.2) is 63.5 Å². The average Bonchev–Trinajstić information content (AvgIpc) is 2.84. The van der Waals surface area contributed by atoms with E-state index >= 15 is 0 Å². The first kappa shape index (κ1) is 30.0. The van der Waals surface area contributed by atoms with Gasteiger partial charge in [0, 0.05) is 51.6 Å². The Morgan fingerprint density at radius 2 is 1.69 bits per heavy atom. The Labute approximate surface area is 207 Å². The van der Waals surface area contributed by atoms with Crippen LogP contribution in [0.15, 0.2) is 71.5 Å². The third kappa shape index (κ3) is 12.3. The summed E-state index contributed by atoms with van der Waals surface area (Å²) in [7, 11) is -0.721. The van der Waals surface area contributed by atoms with Crippen molar-refractivity contribution >= 4 is 21.9 Å². The highest BCUT2D eigenvalue weighted by molar-refractivity contribution is 7.85. The standard InChI is InChI=1S/C13H21NO4.C7H8O3S.C5H5N/c1-4-18-13(16)11(9-14(2)3)12(15)10-5-7-17-8-6-10;1-6-2-4-7(5-3-6)11(8,9)10;1-2-4-6-5-3-1/h9-10H,4-8H2,1-3H3;2-5H,1H3,(H,8,9,10);1-5H. The van der Waals surface area contributed by atoms with Gasteiger partial charge in [0.05, 0.1) is 11.5 Å². The van der Waals surface area contributed by atoms with E-state index in [4.69, 9.17) is 9.47 Å². The molecule has 3 rings (SSSR count). The molecule has 2 aromatic rings. The van der Waals surface area contributed by atoms with Crippen LogP contribution in [-0.2, 0) is 29.2 Å².